The van der Waals surface area contributed by atoms with E-state index >= 15 is 0 Å². The molecule has 18 heavy (non-hydrogen) atoms. The maximum atomic E-state index is 13.3. The molecule has 0 amide bonds. The maximum Gasteiger partial charge on any atom is 0.335 e. The predicted molar refractivity (Wildman–Crippen MR) is 65.3 cm³/mol. The lowest BCUT2D eigenvalue weighted by atomic mass is 10.0. The topological polar surface area (TPSA) is 46.5 Å². The molecule has 0 atom stereocenters. The summed E-state index contributed by atoms with van der Waals surface area (Å²) >= 11 is 0. The molecule has 4 heteroatoms. The van der Waals surface area contributed by atoms with Gasteiger partial charge in [0.25, 0.3) is 0 Å². The van der Waals surface area contributed by atoms with Gasteiger partial charge in [-0.1, -0.05) is 18.2 Å². The highest BCUT2D eigenvalue weighted by Crippen LogP contribution is 2.26. The molecule has 0 aromatic heterocycles. The van der Waals surface area contributed by atoms with Gasteiger partial charge in [0.15, 0.2) is 11.6 Å². The van der Waals surface area contributed by atoms with Gasteiger partial charge in [-0.05, 0) is 35.4 Å². The Labute approximate surface area is 103 Å². The summed E-state index contributed by atoms with van der Waals surface area (Å²) in [5, 5.41) is 8.92. The molecular weight excluding hydrogens is 235 g/mol. The number of carboxylic acids is 1. The molecule has 2 aromatic carbocycles. The molecule has 0 heterocycles. The molecule has 0 aliphatic rings. The van der Waals surface area contributed by atoms with Crippen LogP contribution in [0.5, 0.6) is 5.75 Å². The van der Waals surface area contributed by atoms with Crippen molar-refractivity contribution in [3.63, 3.8) is 0 Å². The minimum absolute atomic E-state index is 0.133. The molecule has 0 aliphatic heterocycles. The SMILES string of the molecule is COc1cc(-c2cccc(C(=O)O)c2)ccc1F. The lowest BCUT2D eigenvalue weighted by molar-refractivity contribution is 0.0697. The van der Waals surface area contributed by atoms with Crippen LogP contribution in [0.1, 0.15) is 10.4 Å². The van der Waals surface area contributed by atoms with Crippen LogP contribution in [0.4, 0.5) is 4.39 Å². The van der Waals surface area contributed by atoms with Crippen LogP contribution in [0.15, 0.2) is 42.5 Å². The zero-order valence-electron chi connectivity index (χ0n) is 9.68. The number of hydrogen-bond acceptors (Lipinski definition) is 2. The third-order valence-corrected chi connectivity index (χ3v) is 2.59. The molecule has 0 fully saturated rings. The Kier molecular flexibility index (Phi) is 3.28. The first-order chi connectivity index (χ1) is 8.61. The van der Waals surface area contributed by atoms with E-state index in [1.165, 1.54) is 31.4 Å². The van der Waals surface area contributed by atoms with Gasteiger partial charge in [0, 0.05) is 0 Å². The first-order valence-corrected chi connectivity index (χ1v) is 5.29. The maximum absolute atomic E-state index is 13.3. The van der Waals surface area contributed by atoms with E-state index < -0.39 is 11.8 Å². The first kappa shape index (κ1) is 12.1. The van der Waals surface area contributed by atoms with Crippen LogP contribution in [0.3, 0.4) is 0 Å². The van der Waals surface area contributed by atoms with Gasteiger partial charge in [-0.2, -0.15) is 0 Å². The molecule has 0 saturated heterocycles. The number of hydrogen-bond donors (Lipinski definition) is 1. The second kappa shape index (κ2) is 4.87. The van der Waals surface area contributed by atoms with Crippen molar-refractivity contribution in [3.05, 3.63) is 53.8 Å². The highest BCUT2D eigenvalue weighted by molar-refractivity contribution is 5.89. The second-order valence-corrected chi connectivity index (χ2v) is 3.74. The summed E-state index contributed by atoms with van der Waals surface area (Å²) in [4.78, 5) is 10.9. The van der Waals surface area contributed by atoms with E-state index in [1.807, 2.05) is 0 Å². The van der Waals surface area contributed by atoms with Crippen LogP contribution in [-0.2, 0) is 0 Å². The summed E-state index contributed by atoms with van der Waals surface area (Å²) in [6.45, 7) is 0. The van der Waals surface area contributed by atoms with Crippen LogP contribution in [0.25, 0.3) is 11.1 Å². The van der Waals surface area contributed by atoms with Crippen LogP contribution in [-0.4, -0.2) is 18.2 Å². The minimum atomic E-state index is -0.995. The second-order valence-electron chi connectivity index (χ2n) is 3.74. The zero-order valence-corrected chi connectivity index (χ0v) is 9.68. The van der Waals surface area contributed by atoms with Crippen molar-refractivity contribution in [2.75, 3.05) is 7.11 Å². The van der Waals surface area contributed by atoms with E-state index in [0.717, 1.165) is 0 Å². The number of halogens is 1. The van der Waals surface area contributed by atoms with Gasteiger partial charge in [-0.25, -0.2) is 9.18 Å². The number of benzene rings is 2. The van der Waals surface area contributed by atoms with E-state index in [9.17, 15) is 9.18 Å². The third-order valence-electron chi connectivity index (χ3n) is 2.59. The summed E-state index contributed by atoms with van der Waals surface area (Å²) in [5.41, 5.74) is 1.60. The normalized spacial score (nSPS) is 10.1. The monoisotopic (exact) mass is 246 g/mol. The predicted octanol–water partition coefficient (Wildman–Crippen LogP) is 3.20. The van der Waals surface area contributed by atoms with E-state index in [2.05, 4.69) is 0 Å². The Bertz CT molecular complexity index is 593. The van der Waals surface area contributed by atoms with Crippen molar-refractivity contribution in [3.8, 4) is 16.9 Å². The van der Waals surface area contributed by atoms with Crippen molar-refractivity contribution in [2.24, 2.45) is 0 Å². The van der Waals surface area contributed by atoms with Crippen molar-refractivity contribution in [1.82, 2.24) is 0 Å². The van der Waals surface area contributed by atoms with Gasteiger partial charge in [0.2, 0.25) is 0 Å². The molecule has 0 unspecified atom stereocenters. The Morgan fingerprint density at radius 1 is 1.17 bits per heavy atom. The molecule has 2 rings (SSSR count). The smallest absolute Gasteiger partial charge is 0.335 e. The molecule has 2 aromatic rings. The molecule has 0 radical (unpaired) electrons. The van der Waals surface area contributed by atoms with Gasteiger partial charge in [-0.3, -0.25) is 0 Å². The summed E-state index contributed by atoms with van der Waals surface area (Å²) in [6, 6.07) is 10.9. The van der Waals surface area contributed by atoms with Crippen molar-refractivity contribution in [2.45, 2.75) is 0 Å². The molecular formula is C14H11FO3. The van der Waals surface area contributed by atoms with Gasteiger partial charge in [0.05, 0.1) is 12.7 Å². The highest BCUT2D eigenvalue weighted by Gasteiger charge is 2.08. The number of methoxy groups -OCH3 is 1. The number of ether oxygens (including phenoxy) is 1. The van der Waals surface area contributed by atoms with Gasteiger partial charge < -0.3 is 9.84 Å². The van der Waals surface area contributed by atoms with Gasteiger partial charge in [0.1, 0.15) is 0 Å². The Balaban J connectivity index is 2.48. The number of aromatic carboxylic acids is 1. The van der Waals surface area contributed by atoms with Crippen LogP contribution < -0.4 is 4.74 Å². The standard InChI is InChI=1S/C14H11FO3/c1-18-13-8-10(5-6-12(13)15)9-3-2-4-11(7-9)14(16)17/h2-8H,1H3,(H,16,17). The zero-order chi connectivity index (χ0) is 13.1. The average Bonchev–Trinajstić information content (AvgIpc) is 2.39. The molecule has 0 aliphatic carbocycles. The summed E-state index contributed by atoms with van der Waals surface area (Å²) < 4.78 is 18.2. The van der Waals surface area contributed by atoms with E-state index in [-0.39, 0.29) is 11.3 Å². The molecule has 92 valence electrons. The quantitative estimate of drug-likeness (QED) is 0.904. The molecule has 0 bridgehead atoms. The lowest BCUT2D eigenvalue weighted by Gasteiger charge is -2.06. The minimum Gasteiger partial charge on any atom is -0.494 e. The van der Waals surface area contributed by atoms with E-state index in [4.69, 9.17) is 9.84 Å². The van der Waals surface area contributed by atoms with Crippen LogP contribution in [0, 0.1) is 5.82 Å². The van der Waals surface area contributed by atoms with Crippen LogP contribution in [0.2, 0.25) is 0 Å². The van der Waals surface area contributed by atoms with Gasteiger partial charge >= 0.3 is 5.97 Å². The van der Waals surface area contributed by atoms with Crippen molar-refractivity contribution < 1.29 is 19.0 Å². The molecule has 1 N–H and O–H groups in total. The fraction of sp³-hybridized carbons (Fsp3) is 0.0714. The molecule has 0 spiro atoms. The summed E-state index contributed by atoms with van der Waals surface area (Å²) in [5.74, 6) is -1.31. The largest absolute Gasteiger partial charge is 0.494 e. The summed E-state index contributed by atoms with van der Waals surface area (Å²) in [7, 11) is 1.38. The Morgan fingerprint density at radius 3 is 2.56 bits per heavy atom. The number of carboxylic acid groups (broad SMARTS) is 1. The third kappa shape index (κ3) is 2.32. The van der Waals surface area contributed by atoms with Crippen molar-refractivity contribution in [1.29, 1.82) is 0 Å². The first-order valence-electron chi connectivity index (χ1n) is 5.29. The van der Waals surface area contributed by atoms with Crippen LogP contribution >= 0.6 is 0 Å². The van der Waals surface area contributed by atoms with Crippen molar-refractivity contribution >= 4 is 5.97 Å². The molecule has 3 nitrogen and oxygen atoms in total. The van der Waals surface area contributed by atoms with E-state index in [1.54, 1.807) is 18.2 Å². The Hall–Kier alpha value is -2.36. The summed E-state index contributed by atoms with van der Waals surface area (Å²) in [6.07, 6.45) is 0. The molecule has 0 saturated carbocycles. The number of rotatable bonds is 3. The fourth-order valence-electron chi connectivity index (χ4n) is 1.67. The average molecular weight is 246 g/mol. The fourth-order valence-corrected chi connectivity index (χ4v) is 1.67. The van der Waals surface area contributed by atoms with Gasteiger partial charge in [-0.15, -0.1) is 0 Å². The van der Waals surface area contributed by atoms with E-state index in [0.29, 0.717) is 11.1 Å². The Morgan fingerprint density at radius 2 is 1.89 bits per heavy atom. The lowest BCUT2D eigenvalue weighted by Crippen LogP contribution is -1.96. The highest BCUT2D eigenvalue weighted by atomic mass is 19.1. The number of carbonyl (C=O) groups is 1.